The zero-order chi connectivity index (χ0) is 24.8. The first-order valence-corrected chi connectivity index (χ1v) is 11.7. The predicted octanol–water partition coefficient (Wildman–Crippen LogP) is 3.00. The van der Waals surface area contributed by atoms with Crippen molar-refractivity contribution < 1.29 is 24.0 Å². The Hall–Kier alpha value is -3.50. The number of methoxy groups -OCH3 is 1. The lowest BCUT2D eigenvalue weighted by molar-refractivity contribution is -0.384. The molecule has 4 atom stereocenters. The van der Waals surface area contributed by atoms with Gasteiger partial charge >= 0.3 is 0 Å². The summed E-state index contributed by atoms with van der Waals surface area (Å²) in [6.45, 7) is 2.45. The molecule has 0 aliphatic carbocycles. The van der Waals surface area contributed by atoms with E-state index in [9.17, 15) is 24.5 Å². The molecule has 3 amide bonds. The van der Waals surface area contributed by atoms with Crippen LogP contribution in [0, 0.1) is 28.9 Å². The van der Waals surface area contributed by atoms with Crippen LogP contribution in [0.4, 0.5) is 17.1 Å². The van der Waals surface area contributed by atoms with Crippen LogP contribution in [0.3, 0.4) is 0 Å². The number of rotatable bonds is 3. The number of fused-ring (bicyclic) bond motifs is 7. The Kier molecular flexibility index (Phi) is 4.56. The van der Waals surface area contributed by atoms with E-state index in [0.717, 1.165) is 16.9 Å². The molecule has 1 N–H and O–H groups in total. The van der Waals surface area contributed by atoms with Crippen LogP contribution < -0.4 is 15.0 Å². The molecule has 0 saturated carbocycles. The molecule has 11 heteroatoms. The lowest BCUT2D eigenvalue weighted by atomic mass is 9.75. The van der Waals surface area contributed by atoms with Crippen molar-refractivity contribution in [3.05, 3.63) is 56.6 Å². The highest BCUT2D eigenvalue weighted by Crippen LogP contribution is 2.61. The van der Waals surface area contributed by atoms with E-state index in [-0.39, 0.29) is 29.1 Å². The third-order valence-electron chi connectivity index (χ3n) is 7.81. The van der Waals surface area contributed by atoms with Gasteiger partial charge in [0.2, 0.25) is 11.8 Å². The molecule has 3 fully saturated rings. The van der Waals surface area contributed by atoms with E-state index >= 15 is 0 Å². The third kappa shape index (κ3) is 2.61. The number of nitro groups is 1. The first-order valence-electron chi connectivity index (χ1n) is 11.3. The number of hydrogen-bond acceptors (Lipinski definition) is 7. The minimum Gasteiger partial charge on any atom is -0.494 e. The Labute approximate surface area is 204 Å². The fourth-order valence-corrected chi connectivity index (χ4v) is 6.92. The minimum atomic E-state index is -1.35. The average Bonchev–Trinajstić information content (AvgIpc) is 3.52. The molecule has 0 radical (unpaired) electrons. The predicted molar refractivity (Wildman–Crippen MR) is 125 cm³/mol. The van der Waals surface area contributed by atoms with Crippen LogP contribution in [-0.2, 0) is 19.9 Å². The van der Waals surface area contributed by atoms with Gasteiger partial charge in [-0.1, -0.05) is 17.7 Å². The largest absolute Gasteiger partial charge is 0.494 e. The Morgan fingerprint density at radius 3 is 2.69 bits per heavy atom. The summed E-state index contributed by atoms with van der Waals surface area (Å²) in [5.74, 6) is -2.98. The molecule has 4 aliphatic heterocycles. The molecular weight excluding hydrogens is 476 g/mol. The van der Waals surface area contributed by atoms with Crippen LogP contribution in [0.2, 0.25) is 5.02 Å². The molecular formula is C24H21ClN4O6. The molecule has 3 saturated heterocycles. The van der Waals surface area contributed by atoms with Crippen molar-refractivity contribution >= 4 is 46.4 Å². The number of benzene rings is 2. The molecule has 0 bridgehead atoms. The summed E-state index contributed by atoms with van der Waals surface area (Å²) in [6.07, 6.45) is 1.47. The number of non-ortho nitro benzene ring substituents is 1. The van der Waals surface area contributed by atoms with E-state index in [4.69, 9.17) is 16.3 Å². The summed E-state index contributed by atoms with van der Waals surface area (Å²) in [5, 5.41) is 14.5. The number of hydrogen-bond donors (Lipinski definition) is 1. The number of ether oxygens (including phenoxy) is 1. The van der Waals surface area contributed by atoms with E-state index in [1.807, 2.05) is 17.9 Å². The summed E-state index contributed by atoms with van der Waals surface area (Å²) < 4.78 is 5.32. The van der Waals surface area contributed by atoms with Crippen LogP contribution in [0.5, 0.6) is 5.75 Å². The Morgan fingerprint density at radius 1 is 1.20 bits per heavy atom. The van der Waals surface area contributed by atoms with Crippen molar-refractivity contribution in [2.45, 2.75) is 31.3 Å². The summed E-state index contributed by atoms with van der Waals surface area (Å²) in [6, 6.07) is 7.08. The number of imide groups is 1. The van der Waals surface area contributed by atoms with E-state index in [2.05, 4.69) is 5.32 Å². The number of aryl methyl sites for hydroxylation is 1. The molecule has 6 rings (SSSR count). The van der Waals surface area contributed by atoms with Crippen LogP contribution in [0.15, 0.2) is 30.3 Å². The topological polar surface area (TPSA) is 122 Å². The Morgan fingerprint density at radius 2 is 1.97 bits per heavy atom. The highest BCUT2D eigenvalue weighted by molar-refractivity contribution is 6.35. The summed E-state index contributed by atoms with van der Waals surface area (Å²) in [7, 11) is 1.32. The highest BCUT2D eigenvalue weighted by Gasteiger charge is 2.75. The molecule has 2 aromatic rings. The van der Waals surface area contributed by atoms with Gasteiger partial charge in [-0.15, -0.1) is 0 Å². The van der Waals surface area contributed by atoms with Gasteiger partial charge in [-0.2, -0.15) is 0 Å². The SMILES string of the molecule is COc1cc([N+](=O)[O-])ccc1N1C(=O)[C@H]2[C@@H](C1=O)[C@@]1(C(=O)Nc3c(Cl)cc(C)cc31)N1CCC[C@@H]21. The lowest BCUT2D eigenvalue weighted by Gasteiger charge is -2.36. The van der Waals surface area contributed by atoms with Crippen LogP contribution in [0.1, 0.15) is 24.0 Å². The van der Waals surface area contributed by atoms with Crippen molar-refractivity contribution in [3.63, 3.8) is 0 Å². The monoisotopic (exact) mass is 496 g/mol. The third-order valence-corrected chi connectivity index (χ3v) is 8.11. The number of anilines is 2. The molecule has 4 aliphatic rings. The van der Waals surface area contributed by atoms with Crippen molar-refractivity contribution in [3.8, 4) is 5.75 Å². The molecule has 180 valence electrons. The maximum absolute atomic E-state index is 14.1. The van der Waals surface area contributed by atoms with E-state index in [0.29, 0.717) is 29.2 Å². The molecule has 1 spiro atoms. The normalized spacial score (nSPS) is 28.9. The first kappa shape index (κ1) is 22.0. The van der Waals surface area contributed by atoms with Gasteiger partial charge in [0.05, 0.1) is 46.3 Å². The number of nitro benzene ring substituents is 1. The lowest BCUT2D eigenvalue weighted by Crippen LogP contribution is -2.54. The number of nitrogens with zero attached hydrogens (tertiary/aromatic N) is 3. The van der Waals surface area contributed by atoms with Gasteiger partial charge < -0.3 is 10.1 Å². The van der Waals surface area contributed by atoms with Crippen molar-refractivity contribution in [2.75, 3.05) is 23.9 Å². The number of carbonyl (C=O) groups is 3. The second-order valence-corrected chi connectivity index (χ2v) is 9.83. The number of carbonyl (C=O) groups excluding carboxylic acids is 3. The van der Waals surface area contributed by atoms with Crippen molar-refractivity contribution in [1.82, 2.24) is 4.90 Å². The Balaban J connectivity index is 1.55. The van der Waals surface area contributed by atoms with Gasteiger partial charge in [-0.3, -0.25) is 29.4 Å². The molecule has 2 aromatic carbocycles. The zero-order valence-corrected chi connectivity index (χ0v) is 19.7. The van der Waals surface area contributed by atoms with Crippen molar-refractivity contribution in [2.24, 2.45) is 11.8 Å². The molecule has 0 unspecified atom stereocenters. The second kappa shape index (κ2) is 7.25. The molecule has 0 aromatic heterocycles. The molecule has 4 heterocycles. The fourth-order valence-electron chi connectivity index (χ4n) is 6.60. The van der Waals surface area contributed by atoms with E-state index < -0.39 is 34.1 Å². The summed E-state index contributed by atoms with van der Waals surface area (Å²) in [5.41, 5.74) is 0.479. The minimum absolute atomic E-state index is 0.0355. The van der Waals surface area contributed by atoms with Crippen molar-refractivity contribution in [1.29, 1.82) is 0 Å². The van der Waals surface area contributed by atoms with Crippen LogP contribution >= 0.6 is 11.6 Å². The van der Waals surface area contributed by atoms with Gasteiger partial charge in [-0.05, 0) is 44.0 Å². The van der Waals surface area contributed by atoms with E-state index in [1.165, 1.54) is 25.3 Å². The summed E-state index contributed by atoms with van der Waals surface area (Å²) >= 11 is 6.49. The zero-order valence-electron chi connectivity index (χ0n) is 18.9. The Bertz CT molecular complexity index is 1360. The smallest absolute Gasteiger partial charge is 0.273 e. The highest BCUT2D eigenvalue weighted by atomic mass is 35.5. The molecule has 35 heavy (non-hydrogen) atoms. The standard InChI is InChI=1S/C24H21ClN4O6/c1-11-8-13-20(14(25)9-11)26-23(32)24(13)19-18(16-4-3-7-27(16)24)21(30)28(22(19)31)15-6-5-12(29(33)34)10-17(15)35-2/h5-6,8-10,16,18-19H,3-4,7H2,1-2H3,(H,26,32)/t16-,18+,19-,24-/m0/s1. The van der Waals surface area contributed by atoms with E-state index in [1.54, 1.807) is 6.07 Å². The van der Waals surface area contributed by atoms with Gasteiger partial charge in [0.15, 0.2) is 0 Å². The second-order valence-electron chi connectivity index (χ2n) is 9.42. The quantitative estimate of drug-likeness (QED) is 0.393. The maximum atomic E-state index is 14.1. The number of nitrogens with one attached hydrogen (secondary N) is 1. The number of amides is 3. The first-order chi connectivity index (χ1) is 16.7. The number of halogens is 1. The summed E-state index contributed by atoms with van der Waals surface area (Å²) in [4.78, 5) is 55.4. The van der Waals surface area contributed by atoms with Gasteiger partial charge in [0.1, 0.15) is 11.3 Å². The van der Waals surface area contributed by atoms with Gasteiger partial charge in [-0.25, -0.2) is 4.90 Å². The van der Waals surface area contributed by atoms with Gasteiger partial charge in [0.25, 0.3) is 11.6 Å². The molecule has 10 nitrogen and oxygen atoms in total. The maximum Gasteiger partial charge on any atom is 0.273 e. The average molecular weight is 497 g/mol. The van der Waals surface area contributed by atoms with Crippen LogP contribution in [0.25, 0.3) is 0 Å². The van der Waals surface area contributed by atoms with Gasteiger partial charge in [0, 0.05) is 17.7 Å². The van der Waals surface area contributed by atoms with Crippen LogP contribution in [-0.4, -0.2) is 47.2 Å². The fraction of sp³-hybridized carbons (Fsp3) is 0.375.